The normalized spacial score (nSPS) is 15.2. The van der Waals surface area contributed by atoms with Crippen LogP contribution >= 0.6 is 38.5 Å². The lowest BCUT2D eigenvalue weighted by atomic mass is 10.3. The molecule has 1 amide bonds. The van der Waals surface area contributed by atoms with Gasteiger partial charge in [0.2, 0.25) is 0 Å². The number of hydrogen-bond acceptors (Lipinski definition) is 2. The third-order valence-corrected chi connectivity index (χ3v) is 4.88. The minimum atomic E-state index is -0.0685. The first-order valence-corrected chi connectivity index (χ1v) is 5.99. The largest absolute Gasteiger partial charge is 0.390 e. The topological polar surface area (TPSA) is 54.3 Å². The molecule has 76 valence electrons. The fourth-order valence-electron chi connectivity index (χ4n) is 1.59. The van der Waals surface area contributed by atoms with Crippen molar-refractivity contribution in [2.75, 3.05) is 6.54 Å². The van der Waals surface area contributed by atoms with Crippen LogP contribution in [-0.4, -0.2) is 22.1 Å². The first-order valence-electron chi connectivity index (χ1n) is 4.12. The van der Waals surface area contributed by atoms with Crippen molar-refractivity contribution in [2.24, 2.45) is 0 Å². The fourth-order valence-corrected chi connectivity index (χ4v) is 2.97. The van der Waals surface area contributed by atoms with Crippen LogP contribution in [0.25, 0.3) is 0 Å². The lowest BCUT2D eigenvalue weighted by Gasteiger charge is -2.17. The number of aromatic nitrogens is 1. The van der Waals surface area contributed by atoms with E-state index in [0.29, 0.717) is 12.2 Å². The Morgan fingerprint density at radius 2 is 2.36 bits per heavy atom. The van der Waals surface area contributed by atoms with Gasteiger partial charge in [-0.3, -0.25) is 4.79 Å². The van der Waals surface area contributed by atoms with E-state index in [0.717, 1.165) is 20.3 Å². The summed E-state index contributed by atoms with van der Waals surface area (Å²) in [6.07, 6.45) is 0. The van der Waals surface area contributed by atoms with Gasteiger partial charge in [-0.25, -0.2) is 0 Å². The van der Waals surface area contributed by atoms with Crippen molar-refractivity contribution < 1.29 is 9.90 Å². The molecule has 0 radical (unpaired) electrons. The Kier molecular flexibility index (Phi) is 2.85. The molecule has 6 heteroatoms. The minimum absolute atomic E-state index is 0.0517. The van der Waals surface area contributed by atoms with Crippen molar-refractivity contribution in [3.05, 3.63) is 19.4 Å². The molecule has 0 aromatic carbocycles. The molecule has 2 heterocycles. The Morgan fingerprint density at radius 3 is 3.00 bits per heavy atom. The second-order valence-corrected chi connectivity index (χ2v) is 4.86. The smallest absolute Gasteiger partial charge is 0.269 e. The van der Waals surface area contributed by atoms with Gasteiger partial charge in [0.25, 0.3) is 5.91 Å². The van der Waals surface area contributed by atoms with Crippen LogP contribution in [0.2, 0.25) is 0 Å². The number of carbonyl (C=O) groups is 1. The number of amides is 1. The van der Waals surface area contributed by atoms with E-state index in [-0.39, 0.29) is 12.5 Å². The highest BCUT2D eigenvalue weighted by molar-refractivity contribution is 14.1. The van der Waals surface area contributed by atoms with E-state index in [2.05, 4.69) is 43.8 Å². The number of aliphatic hydroxyl groups excluding tert-OH is 1. The molecule has 0 spiro atoms. The highest BCUT2D eigenvalue weighted by atomic mass is 127. The second kappa shape index (κ2) is 3.82. The highest BCUT2D eigenvalue weighted by Gasteiger charge is 2.26. The van der Waals surface area contributed by atoms with Crippen molar-refractivity contribution in [1.82, 2.24) is 9.88 Å². The number of fused-ring (bicyclic) bond motifs is 1. The maximum atomic E-state index is 11.5. The van der Waals surface area contributed by atoms with E-state index in [1.807, 2.05) is 4.57 Å². The van der Waals surface area contributed by atoms with Gasteiger partial charge in [-0.15, -0.1) is 0 Å². The summed E-state index contributed by atoms with van der Waals surface area (Å²) >= 11 is 5.49. The summed E-state index contributed by atoms with van der Waals surface area (Å²) in [5, 5.41) is 12.0. The number of hydrogen-bond donors (Lipinski definition) is 2. The van der Waals surface area contributed by atoms with E-state index in [1.165, 1.54) is 0 Å². The summed E-state index contributed by atoms with van der Waals surface area (Å²) in [7, 11) is 0. The summed E-state index contributed by atoms with van der Waals surface area (Å²) in [6.45, 7) is 1.29. The molecule has 0 unspecified atom stereocenters. The average Bonchev–Trinajstić information content (AvgIpc) is 2.41. The standard InChI is InChI=1S/C8H8BrIN2O2/c9-5-4(3-13)12-2-1-11-8(14)7(12)6(5)10/h13H,1-3H2,(H,11,14). The Bertz CT molecular complexity index is 403. The van der Waals surface area contributed by atoms with E-state index in [4.69, 9.17) is 0 Å². The van der Waals surface area contributed by atoms with E-state index >= 15 is 0 Å². The van der Waals surface area contributed by atoms with Crippen molar-refractivity contribution in [2.45, 2.75) is 13.2 Å². The molecule has 1 aliphatic rings. The predicted molar refractivity (Wildman–Crippen MR) is 63.1 cm³/mol. The maximum absolute atomic E-state index is 11.5. The summed E-state index contributed by atoms with van der Waals surface area (Å²) in [6, 6.07) is 0. The van der Waals surface area contributed by atoms with Gasteiger partial charge in [-0.05, 0) is 38.5 Å². The van der Waals surface area contributed by atoms with E-state index < -0.39 is 0 Å². The number of nitrogens with zero attached hydrogens (tertiary/aromatic N) is 1. The first-order chi connectivity index (χ1) is 6.66. The minimum Gasteiger partial charge on any atom is -0.390 e. The van der Waals surface area contributed by atoms with Crippen molar-refractivity contribution >= 4 is 44.4 Å². The molecule has 0 saturated heterocycles. The average molecular weight is 371 g/mol. The summed E-state index contributed by atoms with van der Waals surface area (Å²) in [5.41, 5.74) is 1.42. The van der Waals surface area contributed by atoms with Crippen LogP contribution in [0.4, 0.5) is 0 Å². The van der Waals surface area contributed by atoms with Crippen LogP contribution in [0, 0.1) is 3.57 Å². The van der Waals surface area contributed by atoms with E-state index in [1.54, 1.807) is 0 Å². The number of halogens is 2. The lowest BCUT2D eigenvalue weighted by molar-refractivity contribution is 0.0925. The summed E-state index contributed by atoms with van der Waals surface area (Å²) < 4.78 is 3.56. The van der Waals surface area contributed by atoms with E-state index in [9.17, 15) is 9.90 Å². The Hall–Kier alpha value is -0.0800. The molecule has 0 atom stereocenters. The molecule has 2 N–H and O–H groups in total. The Labute approximate surface area is 103 Å². The monoisotopic (exact) mass is 370 g/mol. The maximum Gasteiger partial charge on any atom is 0.269 e. The van der Waals surface area contributed by atoms with Crippen LogP contribution < -0.4 is 5.32 Å². The molecular weight excluding hydrogens is 363 g/mol. The van der Waals surface area contributed by atoms with Crippen LogP contribution in [0.15, 0.2) is 4.47 Å². The van der Waals surface area contributed by atoms with Gasteiger partial charge in [-0.1, -0.05) is 0 Å². The van der Waals surface area contributed by atoms with Crippen LogP contribution in [-0.2, 0) is 13.2 Å². The molecular formula is C8H8BrIN2O2. The fraction of sp³-hybridized carbons (Fsp3) is 0.375. The number of aliphatic hydroxyl groups is 1. The zero-order valence-electron chi connectivity index (χ0n) is 7.18. The predicted octanol–water partition coefficient (Wildman–Crippen LogP) is 1.09. The Morgan fingerprint density at radius 1 is 1.64 bits per heavy atom. The molecule has 14 heavy (non-hydrogen) atoms. The van der Waals surface area contributed by atoms with Crippen LogP contribution in [0.5, 0.6) is 0 Å². The highest BCUT2D eigenvalue weighted by Crippen LogP contribution is 2.31. The Balaban J connectivity index is 2.67. The third kappa shape index (κ3) is 1.40. The van der Waals surface area contributed by atoms with Gasteiger partial charge in [-0.2, -0.15) is 0 Å². The molecule has 1 aromatic rings. The zero-order chi connectivity index (χ0) is 10.3. The second-order valence-electron chi connectivity index (χ2n) is 2.99. The third-order valence-electron chi connectivity index (χ3n) is 2.24. The molecule has 0 saturated carbocycles. The molecule has 0 aliphatic carbocycles. The molecule has 1 aliphatic heterocycles. The van der Waals surface area contributed by atoms with Gasteiger partial charge in [0.05, 0.1) is 20.3 Å². The SMILES string of the molecule is O=C1NCCn2c(CO)c(Br)c(I)c21. The quantitative estimate of drug-likeness (QED) is 0.727. The van der Waals surface area contributed by atoms with Gasteiger partial charge < -0.3 is 15.0 Å². The lowest BCUT2D eigenvalue weighted by Crippen LogP contribution is -2.36. The van der Waals surface area contributed by atoms with Gasteiger partial charge in [0.1, 0.15) is 5.69 Å². The van der Waals surface area contributed by atoms with Crippen molar-refractivity contribution in [1.29, 1.82) is 0 Å². The number of rotatable bonds is 1. The number of nitrogens with one attached hydrogen (secondary N) is 1. The molecule has 1 aromatic heterocycles. The molecule has 2 rings (SSSR count). The summed E-state index contributed by atoms with van der Waals surface area (Å²) in [5.74, 6) is -0.0685. The first kappa shape index (κ1) is 10.4. The molecule has 0 fully saturated rings. The van der Waals surface area contributed by atoms with Crippen LogP contribution in [0.1, 0.15) is 16.2 Å². The van der Waals surface area contributed by atoms with Gasteiger partial charge in [0.15, 0.2) is 0 Å². The van der Waals surface area contributed by atoms with Crippen LogP contribution in [0.3, 0.4) is 0 Å². The van der Waals surface area contributed by atoms with Crippen molar-refractivity contribution in [3.63, 3.8) is 0 Å². The summed E-state index contributed by atoms with van der Waals surface area (Å²) in [4.78, 5) is 11.5. The molecule has 0 bridgehead atoms. The molecule has 4 nitrogen and oxygen atoms in total. The van der Waals surface area contributed by atoms with Gasteiger partial charge in [0, 0.05) is 13.1 Å². The van der Waals surface area contributed by atoms with Gasteiger partial charge >= 0.3 is 0 Å². The zero-order valence-corrected chi connectivity index (χ0v) is 10.9. The number of carbonyl (C=O) groups excluding carboxylic acids is 1. The van der Waals surface area contributed by atoms with Crippen molar-refractivity contribution in [3.8, 4) is 0 Å².